The summed E-state index contributed by atoms with van der Waals surface area (Å²) in [6, 6.07) is 0.755. The van der Waals surface area contributed by atoms with Gasteiger partial charge >= 0.3 is 0 Å². The molecule has 0 amide bonds. The lowest BCUT2D eigenvalue weighted by Gasteiger charge is -2.49. The second-order valence-corrected chi connectivity index (χ2v) is 6.67. The topological polar surface area (TPSA) is 15.3 Å². The van der Waals surface area contributed by atoms with Crippen LogP contribution in [0.2, 0.25) is 0 Å². The molecule has 3 rings (SSSR count). The largest absolute Gasteiger partial charge is 0.308 e. The molecule has 1 heterocycles. The maximum Gasteiger partial charge on any atom is 0.0309 e. The third-order valence-corrected chi connectivity index (χ3v) is 5.24. The van der Waals surface area contributed by atoms with Crippen molar-refractivity contribution in [3.63, 3.8) is 0 Å². The smallest absolute Gasteiger partial charge is 0.0309 e. The Balaban J connectivity index is 1.67. The van der Waals surface area contributed by atoms with Crippen LogP contribution in [0.4, 0.5) is 0 Å². The summed E-state index contributed by atoms with van der Waals surface area (Å²) in [6.07, 6.45) is 11.9. The average Bonchev–Trinajstić information content (AvgIpc) is 3.22. The highest BCUT2D eigenvalue weighted by Crippen LogP contribution is 2.39. The molecule has 102 valence electrons. The molecule has 1 aliphatic heterocycles. The molecule has 0 aromatic carbocycles. The van der Waals surface area contributed by atoms with E-state index in [1.54, 1.807) is 5.54 Å². The fourth-order valence-corrected chi connectivity index (χ4v) is 3.98. The summed E-state index contributed by atoms with van der Waals surface area (Å²) in [4.78, 5) is 2.69. The van der Waals surface area contributed by atoms with Crippen LogP contribution in [0.15, 0.2) is 11.6 Å². The van der Waals surface area contributed by atoms with Crippen molar-refractivity contribution in [2.45, 2.75) is 56.5 Å². The molecule has 0 aromatic heterocycles. The molecule has 3 aliphatic rings. The molecule has 0 aromatic rings. The molecule has 2 saturated carbocycles. The first-order chi connectivity index (χ1) is 8.83. The summed E-state index contributed by atoms with van der Waals surface area (Å²) >= 11 is 5.72. The zero-order chi connectivity index (χ0) is 12.4. The van der Waals surface area contributed by atoms with Crippen molar-refractivity contribution in [3.8, 4) is 0 Å². The van der Waals surface area contributed by atoms with Gasteiger partial charge in [0.1, 0.15) is 0 Å². The number of hydrogen-bond donors (Lipinski definition) is 1. The van der Waals surface area contributed by atoms with Crippen molar-refractivity contribution in [2.75, 3.05) is 19.6 Å². The molecular formula is C15H25ClN2. The van der Waals surface area contributed by atoms with Crippen molar-refractivity contribution in [2.24, 2.45) is 5.92 Å². The van der Waals surface area contributed by atoms with Gasteiger partial charge < -0.3 is 5.32 Å². The second-order valence-electron chi connectivity index (χ2n) is 6.42. The van der Waals surface area contributed by atoms with Crippen molar-refractivity contribution in [1.29, 1.82) is 0 Å². The summed E-state index contributed by atoms with van der Waals surface area (Å²) in [6.45, 7) is 3.46. The minimum absolute atomic E-state index is 0.420. The molecule has 1 atom stereocenters. The quantitative estimate of drug-likeness (QED) is 0.846. The van der Waals surface area contributed by atoms with Crippen LogP contribution in [0.25, 0.3) is 0 Å². The minimum atomic E-state index is 0.420. The van der Waals surface area contributed by atoms with Crippen LogP contribution < -0.4 is 5.32 Å². The first-order valence-corrected chi connectivity index (χ1v) is 8.01. The Bertz CT molecular complexity index is 306. The Morgan fingerprint density at radius 1 is 1.22 bits per heavy atom. The zero-order valence-electron chi connectivity index (χ0n) is 11.2. The average molecular weight is 269 g/mol. The maximum atomic E-state index is 5.72. The lowest BCUT2D eigenvalue weighted by atomic mass is 9.79. The summed E-state index contributed by atoms with van der Waals surface area (Å²) < 4.78 is 0. The van der Waals surface area contributed by atoms with E-state index < -0.39 is 0 Å². The van der Waals surface area contributed by atoms with Crippen LogP contribution in [0, 0.1) is 5.92 Å². The minimum Gasteiger partial charge on any atom is -0.308 e. The number of nitrogens with zero attached hydrogens (tertiary/aromatic N) is 1. The molecular weight excluding hydrogens is 244 g/mol. The molecule has 3 heteroatoms. The summed E-state index contributed by atoms with van der Waals surface area (Å²) in [7, 11) is 0. The fourth-order valence-electron chi connectivity index (χ4n) is 3.90. The summed E-state index contributed by atoms with van der Waals surface area (Å²) in [5.41, 5.74) is 2.10. The van der Waals surface area contributed by atoms with Crippen LogP contribution >= 0.6 is 11.6 Å². The molecule has 1 saturated heterocycles. The Morgan fingerprint density at radius 3 is 2.67 bits per heavy atom. The predicted molar refractivity (Wildman–Crippen MR) is 76.9 cm³/mol. The van der Waals surface area contributed by atoms with E-state index in [4.69, 9.17) is 11.6 Å². The van der Waals surface area contributed by atoms with Crippen LogP contribution in [-0.4, -0.2) is 36.1 Å². The van der Waals surface area contributed by atoms with Gasteiger partial charge in [0.2, 0.25) is 0 Å². The Hall–Kier alpha value is -0.0500. The van der Waals surface area contributed by atoms with E-state index in [0.717, 1.165) is 18.5 Å². The molecule has 1 N–H and O–H groups in total. The van der Waals surface area contributed by atoms with E-state index in [1.165, 1.54) is 58.0 Å². The van der Waals surface area contributed by atoms with Crippen LogP contribution in [0.5, 0.6) is 0 Å². The number of nitrogens with one attached hydrogen (secondary N) is 1. The lowest BCUT2D eigenvalue weighted by Crippen LogP contribution is -2.65. The lowest BCUT2D eigenvalue weighted by molar-refractivity contribution is 0.0553. The second kappa shape index (κ2) is 5.52. The maximum absolute atomic E-state index is 5.72. The SMILES string of the molecule is Cl/C=C/CN1CC2(CCCCC2)NCC1C1CC1. The highest BCUT2D eigenvalue weighted by molar-refractivity contribution is 6.25. The highest BCUT2D eigenvalue weighted by Gasteiger charge is 2.44. The van der Waals surface area contributed by atoms with Gasteiger partial charge in [0.05, 0.1) is 0 Å². The summed E-state index contributed by atoms with van der Waals surface area (Å²) in [5, 5.41) is 3.91. The van der Waals surface area contributed by atoms with Gasteiger partial charge in [-0.2, -0.15) is 0 Å². The molecule has 0 bridgehead atoms. The normalized spacial score (nSPS) is 33.3. The summed E-state index contributed by atoms with van der Waals surface area (Å²) in [5.74, 6) is 0.946. The van der Waals surface area contributed by atoms with E-state index in [1.807, 2.05) is 0 Å². The molecule has 0 radical (unpaired) electrons. The number of piperazine rings is 1. The zero-order valence-corrected chi connectivity index (χ0v) is 12.0. The fraction of sp³-hybridized carbons (Fsp3) is 0.867. The molecule has 18 heavy (non-hydrogen) atoms. The van der Waals surface area contributed by atoms with Gasteiger partial charge in [-0.05, 0) is 31.6 Å². The van der Waals surface area contributed by atoms with Gasteiger partial charge in [-0.25, -0.2) is 0 Å². The van der Waals surface area contributed by atoms with E-state index in [2.05, 4.69) is 16.3 Å². The van der Waals surface area contributed by atoms with Gasteiger partial charge in [-0.3, -0.25) is 4.90 Å². The van der Waals surface area contributed by atoms with Crippen LogP contribution in [-0.2, 0) is 0 Å². The third-order valence-electron chi connectivity index (χ3n) is 5.07. The van der Waals surface area contributed by atoms with Gasteiger partial charge in [0, 0.05) is 36.8 Å². The van der Waals surface area contributed by atoms with Crippen molar-refractivity contribution in [1.82, 2.24) is 10.2 Å². The standard InChI is InChI=1S/C15H25ClN2/c16-9-4-10-18-12-15(7-2-1-3-8-15)17-11-14(18)13-5-6-13/h4,9,13-14,17H,1-3,5-8,10-12H2/b9-4+. The first kappa shape index (κ1) is 13.0. The molecule has 3 fully saturated rings. The van der Waals surface area contributed by atoms with Crippen LogP contribution in [0.3, 0.4) is 0 Å². The Labute approximate surface area is 116 Å². The van der Waals surface area contributed by atoms with Gasteiger partial charge in [0.25, 0.3) is 0 Å². The van der Waals surface area contributed by atoms with Crippen molar-refractivity contribution < 1.29 is 0 Å². The van der Waals surface area contributed by atoms with Crippen LogP contribution in [0.1, 0.15) is 44.9 Å². The molecule has 2 aliphatic carbocycles. The van der Waals surface area contributed by atoms with E-state index in [0.29, 0.717) is 5.54 Å². The molecule has 1 unspecified atom stereocenters. The number of hydrogen-bond acceptors (Lipinski definition) is 2. The highest BCUT2D eigenvalue weighted by atomic mass is 35.5. The van der Waals surface area contributed by atoms with E-state index in [9.17, 15) is 0 Å². The predicted octanol–water partition coefficient (Wildman–Crippen LogP) is 3.13. The molecule has 1 spiro atoms. The monoisotopic (exact) mass is 268 g/mol. The first-order valence-electron chi connectivity index (χ1n) is 7.57. The van der Waals surface area contributed by atoms with Crippen molar-refractivity contribution in [3.05, 3.63) is 11.6 Å². The van der Waals surface area contributed by atoms with E-state index >= 15 is 0 Å². The van der Waals surface area contributed by atoms with Crippen molar-refractivity contribution >= 4 is 11.6 Å². The van der Waals surface area contributed by atoms with Gasteiger partial charge in [0.15, 0.2) is 0 Å². The van der Waals surface area contributed by atoms with Gasteiger partial charge in [-0.1, -0.05) is 36.9 Å². The number of halogens is 1. The Kier molecular flexibility index (Phi) is 3.97. The number of rotatable bonds is 3. The van der Waals surface area contributed by atoms with E-state index in [-0.39, 0.29) is 0 Å². The molecule has 2 nitrogen and oxygen atoms in total. The Morgan fingerprint density at radius 2 is 2.00 bits per heavy atom. The third kappa shape index (κ3) is 2.76. The van der Waals surface area contributed by atoms with Gasteiger partial charge in [-0.15, -0.1) is 0 Å².